The van der Waals surface area contributed by atoms with Crippen molar-refractivity contribution in [1.29, 1.82) is 0 Å². The van der Waals surface area contributed by atoms with Crippen LogP contribution in [0.4, 0.5) is 0 Å². The average molecular weight is 436 g/mol. The van der Waals surface area contributed by atoms with Crippen molar-refractivity contribution in [2.24, 2.45) is 0 Å². The van der Waals surface area contributed by atoms with E-state index in [1.807, 2.05) is 42.5 Å². The molecule has 2 N–H and O–H groups in total. The number of fused-ring (bicyclic) bond motifs is 1. The van der Waals surface area contributed by atoms with Crippen molar-refractivity contribution in [3.63, 3.8) is 0 Å². The molecule has 0 radical (unpaired) electrons. The van der Waals surface area contributed by atoms with Gasteiger partial charge >= 0.3 is 0 Å². The number of carbonyl (C=O) groups is 1. The lowest BCUT2D eigenvalue weighted by Crippen LogP contribution is -2.38. The summed E-state index contributed by atoms with van der Waals surface area (Å²) in [7, 11) is 2.13. The third-order valence-electron chi connectivity index (χ3n) is 5.87. The van der Waals surface area contributed by atoms with E-state index in [1.54, 1.807) is 6.07 Å². The average Bonchev–Trinajstić information content (AvgIpc) is 2.82. The third kappa shape index (κ3) is 5.55. The summed E-state index contributed by atoms with van der Waals surface area (Å²) in [6, 6.07) is 16.9. The van der Waals surface area contributed by atoms with Crippen LogP contribution < -0.4 is 15.6 Å². The molecule has 1 aliphatic rings. The van der Waals surface area contributed by atoms with Crippen LogP contribution in [-0.4, -0.2) is 55.2 Å². The molecule has 0 atom stereocenters. The molecule has 32 heavy (non-hydrogen) atoms. The highest BCUT2D eigenvalue weighted by Gasteiger charge is 2.18. The molecule has 0 unspecified atom stereocenters. The predicted octanol–water partition coefficient (Wildman–Crippen LogP) is 2.95. The zero-order chi connectivity index (χ0) is 22.3. The predicted molar refractivity (Wildman–Crippen MR) is 124 cm³/mol. The van der Waals surface area contributed by atoms with Crippen LogP contribution in [0.2, 0.25) is 0 Å². The number of aromatic amines is 1. The number of rotatable bonds is 8. The Bertz CT molecular complexity index is 1120. The van der Waals surface area contributed by atoms with Crippen molar-refractivity contribution < 1.29 is 14.3 Å². The number of carbonyl (C=O) groups excluding carboxylic acids is 1. The van der Waals surface area contributed by atoms with Gasteiger partial charge in [-0.3, -0.25) is 14.5 Å². The summed E-state index contributed by atoms with van der Waals surface area (Å²) in [4.78, 5) is 29.8. The standard InChI is InChI=1S/C25H29N3O4/c1-28(19-9-12-31-13-10-19)11-14-32-20-6-4-5-18(15-20)17-26-25(30)22-16-24(29)27-23-8-3-2-7-21(22)23/h2-8,15-16,19H,9-14,17H2,1H3,(H,26,30)(H,27,29). The van der Waals surface area contributed by atoms with E-state index in [-0.39, 0.29) is 11.5 Å². The largest absolute Gasteiger partial charge is 0.492 e. The first-order valence-electron chi connectivity index (χ1n) is 11.0. The topological polar surface area (TPSA) is 83.7 Å². The van der Waals surface area contributed by atoms with E-state index < -0.39 is 0 Å². The SMILES string of the molecule is CN(CCOc1cccc(CNC(=O)c2cc(=O)[nH]c3ccccc23)c1)C1CCOCC1. The van der Waals surface area contributed by atoms with Crippen molar-refractivity contribution in [2.45, 2.75) is 25.4 Å². The van der Waals surface area contributed by atoms with Crippen LogP contribution in [0.5, 0.6) is 5.75 Å². The second-order valence-corrected chi connectivity index (χ2v) is 8.10. The van der Waals surface area contributed by atoms with Gasteiger partial charge in [-0.1, -0.05) is 30.3 Å². The number of hydrogen-bond acceptors (Lipinski definition) is 5. The second kappa shape index (κ2) is 10.4. The van der Waals surface area contributed by atoms with Gasteiger partial charge < -0.3 is 19.8 Å². The van der Waals surface area contributed by atoms with Gasteiger partial charge in [0.2, 0.25) is 5.56 Å². The van der Waals surface area contributed by atoms with Crippen molar-refractivity contribution in [3.05, 3.63) is 76.1 Å². The Hall–Kier alpha value is -3.16. The first-order chi connectivity index (χ1) is 15.6. The highest BCUT2D eigenvalue weighted by atomic mass is 16.5. The molecule has 0 bridgehead atoms. The summed E-state index contributed by atoms with van der Waals surface area (Å²) in [6.07, 6.45) is 2.13. The minimum absolute atomic E-state index is 0.281. The van der Waals surface area contributed by atoms with Crippen LogP contribution in [0.25, 0.3) is 10.9 Å². The molecule has 1 aromatic heterocycles. The number of para-hydroxylation sites is 1. The van der Waals surface area contributed by atoms with E-state index in [4.69, 9.17) is 9.47 Å². The van der Waals surface area contributed by atoms with Gasteiger partial charge in [-0.15, -0.1) is 0 Å². The van der Waals surface area contributed by atoms with Crippen LogP contribution in [0.15, 0.2) is 59.4 Å². The number of nitrogens with zero attached hydrogens (tertiary/aromatic N) is 1. The van der Waals surface area contributed by atoms with Crippen LogP contribution in [-0.2, 0) is 11.3 Å². The molecular formula is C25H29N3O4. The highest BCUT2D eigenvalue weighted by Crippen LogP contribution is 2.17. The van der Waals surface area contributed by atoms with Gasteiger partial charge in [0.25, 0.3) is 5.91 Å². The number of likely N-dealkylation sites (N-methyl/N-ethyl adjacent to an activating group) is 1. The number of aromatic nitrogens is 1. The van der Waals surface area contributed by atoms with Crippen LogP contribution >= 0.6 is 0 Å². The number of ether oxygens (including phenoxy) is 2. The Morgan fingerprint density at radius 1 is 1.16 bits per heavy atom. The molecule has 0 saturated carbocycles. The first kappa shape index (κ1) is 22.0. The summed E-state index contributed by atoms with van der Waals surface area (Å²) in [6.45, 7) is 3.45. The molecule has 4 rings (SSSR count). The Morgan fingerprint density at radius 2 is 1.97 bits per heavy atom. The number of amides is 1. The van der Waals surface area contributed by atoms with Gasteiger partial charge in [-0.25, -0.2) is 0 Å². The number of nitrogens with one attached hydrogen (secondary N) is 2. The number of pyridine rings is 1. The smallest absolute Gasteiger partial charge is 0.252 e. The van der Waals surface area contributed by atoms with Gasteiger partial charge in [-0.2, -0.15) is 0 Å². The third-order valence-corrected chi connectivity index (χ3v) is 5.87. The van der Waals surface area contributed by atoms with Crippen molar-refractivity contribution in [1.82, 2.24) is 15.2 Å². The molecule has 168 valence electrons. The Morgan fingerprint density at radius 3 is 2.81 bits per heavy atom. The van der Waals surface area contributed by atoms with E-state index in [0.29, 0.717) is 30.3 Å². The normalized spacial score (nSPS) is 14.6. The van der Waals surface area contributed by atoms with Crippen LogP contribution in [0.1, 0.15) is 28.8 Å². The van der Waals surface area contributed by atoms with E-state index in [9.17, 15) is 9.59 Å². The summed E-state index contributed by atoms with van der Waals surface area (Å²) in [5.41, 5.74) is 1.65. The summed E-state index contributed by atoms with van der Waals surface area (Å²) in [5.74, 6) is 0.496. The molecule has 0 aliphatic carbocycles. The maximum atomic E-state index is 12.8. The molecule has 1 aliphatic heterocycles. The van der Waals surface area contributed by atoms with Gasteiger partial charge in [-0.05, 0) is 43.7 Å². The quantitative estimate of drug-likeness (QED) is 0.568. The van der Waals surface area contributed by atoms with Gasteiger partial charge in [0.05, 0.1) is 5.56 Å². The number of hydrogen-bond donors (Lipinski definition) is 2. The molecule has 3 aromatic rings. The fourth-order valence-corrected chi connectivity index (χ4v) is 4.03. The van der Waals surface area contributed by atoms with Crippen LogP contribution in [0, 0.1) is 0 Å². The molecule has 0 spiro atoms. The fourth-order valence-electron chi connectivity index (χ4n) is 4.03. The van der Waals surface area contributed by atoms with E-state index in [1.165, 1.54) is 6.07 Å². The van der Waals surface area contributed by atoms with Gasteiger partial charge in [0, 0.05) is 49.3 Å². The number of benzene rings is 2. The van der Waals surface area contributed by atoms with E-state index in [2.05, 4.69) is 22.2 Å². The monoisotopic (exact) mass is 435 g/mol. The molecule has 2 heterocycles. The van der Waals surface area contributed by atoms with Crippen molar-refractivity contribution in [2.75, 3.05) is 33.4 Å². The lowest BCUT2D eigenvalue weighted by Gasteiger charge is -2.31. The van der Waals surface area contributed by atoms with Gasteiger partial charge in [0.1, 0.15) is 12.4 Å². The molecule has 1 amide bonds. The Kier molecular flexibility index (Phi) is 7.19. The lowest BCUT2D eigenvalue weighted by molar-refractivity contribution is 0.0392. The second-order valence-electron chi connectivity index (χ2n) is 8.10. The maximum absolute atomic E-state index is 12.8. The minimum atomic E-state index is -0.296. The highest BCUT2D eigenvalue weighted by molar-refractivity contribution is 6.05. The number of H-pyrrole nitrogens is 1. The molecule has 7 nitrogen and oxygen atoms in total. The summed E-state index contributed by atoms with van der Waals surface area (Å²) < 4.78 is 11.4. The minimum Gasteiger partial charge on any atom is -0.492 e. The fraction of sp³-hybridized carbons (Fsp3) is 0.360. The Balaban J connectivity index is 1.32. The maximum Gasteiger partial charge on any atom is 0.252 e. The summed E-state index contributed by atoms with van der Waals surface area (Å²) in [5, 5.41) is 3.63. The summed E-state index contributed by atoms with van der Waals surface area (Å²) >= 11 is 0. The van der Waals surface area contributed by atoms with E-state index >= 15 is 0 Å². The van der Waals surface area contributed by atoms with Crippen LogP contribution in [0.3, 0.4) is 0 Å². The zero-order valence-corrected chi connectivity index (χ0v) is 18.3. The van der Waals surface area contributed by atoms with Gasteiger partial charge in [0.15, 0.2) is 0 Å². The first-order valence-corrected chi connectivity index (χ1v) is 11.0. The molecular weight excluding hydrogens is 406 g/mol. The lowest BCUT2D eigenvalue weighted by atomic mass is 10.1. The van der Waals surface area contributed by atoms with Crippen molar-refractivity contribution >= 4 is 16.8 Å². The molecule has 1 saturated heterocycles. The zero-order valence-electron chi connectivity index (χ0n) is 18.3. The van der Waals surface area contributed by atoms with E-state index in [0.717, 1.165) is 49.3 Å². The molecule has 7 heteroatoms. The Labute approximate surface area is 187 Å². The molecule has 2 aromatic carbocycles. The molecule has 1 fully saturated rings. The van der Waals surface area contributed by atoms with Crippen molar-refractivity contribution in [3.8, 4) is 5.75 Å².